The molecular weight excluding hydrogens is 562 g/mol. The Labute approximate surface area is 254 Å². The number of carbonyl (C=O) groups is 4. The van der Waals surface area contributed by atoms with E-state index in [1.807, 2.05) is 34.6 Å². The maximum Gasteiger partial charge on any atom is 0.514 e. The fourth-order valence-electron chi connectivity index (χ4n) is 2.92. The highest BCUT2D eigenvalue weighted by molar-refractivity contribution is 5.76. The third kappa shape index (κ3) is 14.5. The lowest BCUT2D eigenvalue weighted by atomic mass is 9.99. The molecule has 0 amide bonds. The molecule has 43 heavy (non-hydrogen) atoms. The Morgan fingerprint density at radius 2 is 1.23 bits per heavy atom. The molecule has 12 nitrogen and oxygen atoms in total. The van der Waals surface area contributed by atoms with Crippen LogP contribution in [0.15, 0.2) is 18.2 Å². The van der Waals surface area contributed by atoms with Crippen molar-refractivity contribution in [3.05, 3.63) is 23.8 Å². The topological polar surface area (TPSA) is 159 Å². The molecule has 1 rings (SSSR count). The van der Waals surface area contributed by atoms with Gasteiger partial charge in [0.15, 0.2) is 11.5 Å². The molecule has 244 valence electrons. The van der Waals surface area contributed by atoms with Gasteiger partial charge in [0.2, 0.25) is 0 Å². The van der Waals surface area contributed by atoms with Crippen LogP contribution >= 0.6 is 0 Å². The van der Waals surface area contributed by atoms with Crippen LogP contribution in [0.25, 0.3) is 0 Å². The van der Waals surface area contributed by atoms with E-state index in [0.29, 0.717) is 18.4 Å². The van der Waals surface area contributed by atoms with E-state index in [9.17, 15) is 19.2 Å². The van der Waals surface area contributed by atoms with E-state index in [-0.39, 0.29) is 29.9 Å². The summed E-state index contributed by atoms with van der Waals surface area (Å²) in [5.74, 6) is -0.977. The molecule has 0 bridgehead atoms. The molecule has 0 aliphatic rings. The van der Waals surface area contributed by atoms with Crippen molar-refractivity contribution in [1.29, 1.82) is 0 Å². The number of carbonyl (C=O) groups excluding carboxylic acids is 4. The number of esters is 1. The minimum Gasteiger partial charge on any atom is -0.458 e. The van der Waals surface area contributed by atoms with Crippen molar-refractivity contribution in [3.63, 3.8) is 0 Å². The standard InChI is InChI=1S/C31H49NO11/c1-12-30(8,9)42-27(35)40-23-15-14-21(17-24(23)41-28(36)43-31(10,11)13-2)16-22(32)25(33)38-19(3)20(4)39-26(34)37-18-29(5,6)7/h14-15,17,19-20,22H,12-13,16,18,32H2,1-11H3/t19-,20-,22-/m0/s1. The second-order valence-corrected chi connectivity index (χ2v) is 12.8. The molecule has 12 heteroatoms. The van der Waals surface area contributed by atoms with E-state index >= 15 is 0 Å². The van der Waals surface area contributed by atoms with Gasteiger partial charge in [-0.05, 0) is 83.9 Å². The fourth-order valence-corrected chi connectivity index (χ4v) is 2.92. The van der Waals surface area contributed by atoms with E-state index in [1.54, 1.807) is 47.6 Å². The summed E-state index contributed by atoms with van der Waals surface area (Å²) in [6, 6.07) is 3.22. The maximum absolute atomic E-state index is 12.7. The number of ether oxygens (including phenoxy) is 7. The van der Waals surface area contributed by atoms with Crippen molar-refractivity contribution < 1.29 is 52.3 Å². The number of hydrogen-bond acceptors (Lipinski definition) is 12. The first-order valence-electron chi connectivity index (χ1n) is 14.4. The number of hydrogen-bond donors (Lipinski definition) is 1. The van der Waals surface area contributed by atoms with Crippen molar-refractivity contribution in [1.82, 2.24) is 0 Å². The first kappa shape index (κ1) is 37.5. The van der Waals surface area contributed by atoms with Gasteiger partial charge in [0.25, 0.3) is 0 Å². The molecule has 0 saturated carbocycles. The normalized spacial score (nSPS) is 14.0. The van der Waals surface area contributed by atoms with Gasteiger partial charge in [-0.25, -0.2) is 14.4 Å². The number of nitrogens with two attached hydrogens (primary N) is 1. The van der Waals surface area contributed by atoms with Gasteiger partial charge < -0.3 is 38.9 Å². The molecule has 0 aliphatic heterocycles. The summed E-state index contributed by atoms with van der Waals surface area (Å²) in [7, 11) is 0. The van der Waals surface area contributed by atoms with Crippen molar-refractivity contribution in [2.75, 3.05) is 6.61 Å². The van der Waals surface area contributed by atoms with Crippen molar-refractivity contribution in [2.24, 2.45) is 11.1 Å². The minimum atomic E-state index is -1.12. The van der Waals surface area contributed by atoms with E-state index in [2.05, 4.69) is 0 Å². The molecule has 0 fully saturated rings. The van der Waals surface area contributed by atoms with Gasteiger partial charge >= 0.3 is 24.4 Å². The maximum atomic E-state index is 12.7. The van der Waals surface area contributed by atoms with Crippen LogP contribution < -0.4 is 15.2 Å². The smallest absolute Gasteiger partial charge is 0.458 e. The second kappa shape index (κ2) is 15.8. The Hall–Kier alpha value is -3.54. The van der Waals surface area contributed by atoms with E-state index in [4.69, 9.17) is 38.9 Å². The third-order valence-electron chi connectivity index (χ3n) is 6.44. The zero-order valence-electron chi connectivity index (χ0n) is 27.4. The molecule has 0 unspecified atom stereocenters. The van der Waals surface area contributed by atoms with Crippen LogP contribution in [-0.4, -0.2) is 60.5 Å². The molecule has 1 aromatic carbocycles. The lowest BCUT2D eigenvalue weighted by Crippen LogP contribution is -2.39. The van der Waals surface area contributed by atoms with Gasteiger partial charge in [-0.15, -0.1) is 0 Å². The molecule has 0 aliphatic carbocycles. The fraction of sp³-hybridized carbons (Fsp3) is 0.677. The lowest BCUT2D eigenvalue weighted by molar-refractivity contribution is -0.155. The van der Waals surface area contributed by atoms with Crippen LogP contribution in [-0.2, 0) is 34.9 Å². The molecule has 0 heterocycles. The van der Waals surface area contributed by atoms with E-state index < -0.39 is 53.9 Å². The minimum absolute atomic E-state index is 0.0200. The van der Waals surface area contributed by atoms with E-state index in [0.717, 1.165) is 0 Å². The summed E-state index contributed by atoms with van der Waals surface area (Å²) in [6.07, 6.45) is -3.42. The average Bonchev–Trinajstić information content (AvgIpc) is 2.87. The molecule has 0 radical (unpaired) electrons. The Kier molecular flexibility index (Phi) is 13.8. The summed E-state index contributed by atoms with van der Waals surface area (Å²) in [5, 5.41) is 0. The van der Waals surface area contributed by atoms with Crippen LogP contribution in [0.3, 0.4) is 0 Å². The van der Waals surface area contributed by atoms with E-state index in [1.165, 1.54) is 12.1 Å². The van der Waals surface area contributed by atoms with Crippen LogP contribution in [0.4, 0.5) is 14.4 Å². The summed E-state index contributed by atoms with van der Waals surface area (Å²) >= 11 is 0. The highest BCUT2D eigenvalue weighted by atomic mass is 16.8. The van der Waals surface area contributed by atoms with Crippen LogP contribution in [0.2, 0.25) is 0 Å². The monoisotopic (exact) mass is 611 g/mol. The average molecular weight is 612 g/mol. The summed E-state index contributed by atoms with van der Waals surface area (Å²) in [5.41, 5.74) is 4.77. The van der Waals surface area contributed by atoms with Gasteiger partial charge in [-0.1, -0.05) is 40.7 Å². The Morgan fingerprint density at radius 3 is 1.72 bits per heavy atom. The molecule has 0 saturated heterocycles. The SMILES string of the molecule is CCC(C)(C)OC(=O)Oc1ccc(C[C@H](N)C(=O)O[C@@H](C)[C@H](C)OC(=O)OCC(C)(C)C)cc1OC(=O)OC(C)(C)CC. The second-order valence-electron chi connectivity index (χ2n) is 12.8. The Morgan fingerprint density at radius 1 is 0.744 bits per heavy atom. The van der Waals surface area contributed by atoms with Crippen LogP contribution in [0.1, 0.15) is 94.6 Å². The molecular formula is C31H49NO11. The highest BCUT2D eigenvalue weighted by Crippen LogP contribution is 2.31. The van der Waals surface area contributed by atoms with Crippen LogP contribution in [0.5, 0.6) is 11.5 Å². The molecule has 0 aromatic heterocycles. The zero-order chi connectivity index (χ0) is 33.2. The van der Waals surface area contributed by atoms with Crippen molar-refractivity contribution in [3.8, 4) is 11.5 Å². The Balaban J connectivity index is 2.99. The van der Waals surface area contributed by atoms with Gasteiger partial charge in [0.1, 0.15) is 29.5 Å². The van der Waals surface area contributed by atoms with Gasteiger partial charge in [0, 0.05) is 0 Å². The third-order valence-corrected chi connectivity index (χ3v) is 6.44. The first-order valence-corrected chi connectivity index (χ1v) is 14.4. The lowest BCUT2D eigenvalue weighted by Gasteiger charge is -2.24. The van der Waals surface area contributed by atoms with Gasteiger partial charge in [-0.3, -0.25) is 4.79 Å². The van der Waals surface area contributed by atoms with Gasteiger partial charge in [-0.2, -0.15) is 0 Å². The summed E-state index contributed by atoms with van der Waals surface area (Å²) in [6.45, 7) is 19.6. The molecule has 1 aromatic rings. The molecule has 0 spiro atoms. The largest absolute Gasteiger partial charge is 0.514 e. The number of benzene rings is 1. The predicted molar refractivity (Wildman–Crippen MR) is 158 cm³/mol. The number of rotatable bonds is 13. The summed E-state index contributed by atoms with van der Waals surface area (Å²) < 4.78 is 37.1. The van der Waals surface area contributed by atoms with Crippen molar-refractivity contribution in [2.45, 2.75) is 125 Å². The summed E-state index contributed by atoms with van der Waals surface area (Å²) in [4.78, 5) is 49.6. The first-order chi connectivity index (χ1) is 19.7. The quantitative estimate of drug-likeness (QED) is 0.147. The molecule has 3 atom stereocenters. The molecule has 2 N–H and O–H groups in total. The van der Waals surface area contributed by atoms with Crippen molar-refractivity contribution >= 4 is 24.4 Å². The Bertz CT molecular complexity index is 1110. The van der Waals surface area contributed by atoms with Gasteiger partial charge in [0.05, 0.1) is 6.61 Å². The zero-order valence-corrected chi connectivity index (χ0v) is 27.4. The van der Waals surface area contributed by atoms with Crippen LogP contribution in [0, 0.1) is 5.41 Å². The highest BCUT2D eigenvalue weighted by Gasteiger charge is 2.28. The predicted octanol–water partition coefficient (Wildman–Crippen LogP) is 6.48.